The molecule has 72 valence electrons. The molecule has 0 rings (SSSR count). The van der Waals surface area contributed by atoms with Crippen LogP contribution in [0.4, 0.5) is 0 Å². The van der Waals surface area contributed by atoms with Crippen LogP contribution in [0.25, 0.3) is 0 Å². The van der Waals surface area contributed by atoms with Crippen molar-refractivity contribution in [1.29, 1.82) is 0 Å². The van der Waals surface area contributed by atoms with E-state index in [4.69, 9.17) is 16.6 Å². The molecule has 0 aliphatic rings. The minimum absolute atomic E-state index is 0.265. The highest BCUT2D eigenvalue weighted by Gasteiger charge is 2.30. The fraction of sp³-hybridized carbons (Fsp3) is 0.875. The molecule has 0 radical (unpaired) electrons. The Bertz CT molecular complexity index is 157. The number of aliphatic carboxylic acids is 1. The van der Waals surface area contributed by atoms with Gasteiger partial charge in [0.2, 0.25) is 0 Å². The van der Waals surface area contributed by atoms with Gasteiger partial charge >= 0.3 is 5.97 Å². The number of carboxylic acid groups (broad SMARTS) is 1. The topological polar surface area (TPSA) is 89.3 Å². The number of rotatable bonds is 5. The van der Waals surface area contributed by atoms with Crippen molar-refractivity contribution in [2.75, 3.05) is 0 Å². The summed E-state index contributed by atoms with van der Waals surface area (Å²) in [6.45, 7) is 4.01. The van der Waals surface area contributed by atoms with Gasteiger partial charge in [0.15, 0.2) is 5.66 Å². The van der Waals surface area contributed by atoms with Gasteiger partial charge in [-0.2, -0.15) is 0 Å². The van der Waals surface area contributed by atoms with Gasteiger partial charge in [-0.05, 0) is 12.3 Å². The zero-order valence-corrected chi connectivity index (χ0v) is 7.71. The molecule has 0 heterocycles. The third-order valence-corrected chi connectivity index (χ3v) is 1.87. The molecule has 0 bridgehead atoms. The van der Waals surface area contributed by atoms with Crippen LogP contribution in [0.5, 0.6) is 0 Å². The van der Waals surface area contributed by atoms with Crippen molar-refractivity contribution in [2.45, 2.75) is 38.8 Å². The van der Waals surface area contributed by atoms with Crippen LogP contribution in [0.15, 0.2) is 0 Å². The summed E-state index contributed by atoms with van der Waals surface area (Å²) in [5.74, 6) is -0.869. The van der Waals surface area contributed by atoms with Gasteiger partial charge in [-0.3, -0.25) is 0 Å². The van der Waals surface area contributed by atoms with E-state index in [1.54, 1.807) is 0 Å². The van der Waals surface area contributed by atoms with Gasteiger partial charge in [-0.25, -0.2) is 4.79 Å². The number of hydrogen-bond donors (Lipinski definition) is 3. The third kappa shape index (κ3) is 3.69. The van der Waals surface area contributed by atoms with Crippen molar-refractivity contribution >= 4 is 5.97 Å². The second-order valence-electron chi connectivity index (χ2n) is 3.44. The maximum absolute atomic E-state index is 10.5. The minimum Gasteiger partial charge on any atom is -0.479 e. The van der Waals surface area contributed by atoms with Crippen LogP contribution in [-0.2, 0) is 4.79 Å². The fourth-order valence-corrected chi connectivity index (χ4v) is 1.26. The summed E-state index contributed by atoms with van der Waals surface area (Å²) in [5.41, 5.74) is 9.18. The molecule has 5 N–H and O–H groups in total. The Morgan fingerprint density at radius 1 is 1.58 bits per heavy atom. The van der Waals surface area contributed by atoms with Crippen LogP contribution in [-0.4, -0.2) is 16.7 Å². The van der Waals surface area contributed by atoms with E-state index >= 15 is 0 Å². The monoisotopic (exact) mass is 174 g/mol. The lowest BCUT2D eigenvalue weighted by Crippen LogP contribution is -2.57. The van der Waals surface area contributed by atoms with Crippen molar-refractivity contribution in [3.05, 3.63) is 0 Å². The highest BCUT2D eigenvalue weighted by Crippen LogP contribution is 2.15. The third-order valence-electron chi connectivity index (χ3n) is 1.87. The Balaban J connectivity index is 3.96. The van der Waals surface area contributed by atoms with E-state index in [0.29, 0.717) is 6.42 Å². The molecule has 4 nitrogen and oxygen atoms in total. The molecule has 0 fully saturated rings. The predicted octanol–water partition coefficient (Wildman–Crippen LogP) is 0.511. The maximum Gasteiger partial charge on any atom is 0.338 e. The molecule has 0 saturated heterocycles. The quantitative estimate of drug-likeness (QED) is 0.530. The minimum atomic E-state index is -1.56. The van der Waals surface area contributed by atoms with Crippen LogP contribution >= 0.6 is 0 Å². The van der Waals surface area contributed by atoms with Gasteiger partial charge in [0.25, 0.3) is 0 Å². The molecule has 0 saturated carbocycles. The number of carbonyl (C=O) groups is 1. The van der Waals surface area contributed by atoms with Crippen molar-refractivity contribution in [3.8, 4) is 0 Å². The Labute approximate surface area is 72.9 Å². The Morgan fingerprint density at radius 2 is 2.08 bits per heavy atom. The smallest absolute Gasteiger partial charge is 0.338 e. The molecule has 0 aromatic carbocycles. The second kappa shape index (κ2) is 4.42. The summed E-state index contributed by atoms with van der Waals surface area (Å²) in [4.78, 5) is 10.5. The zero-order chi connectivity index (χ0) is 9.78. The number of carboxylic acids is 1. The molecule has 0 spiro atoms. The van der Waals surface area contributed by atoms with Crippen molar-refractivity contribution in [2.24, 2.45) is 17.4 Å². The first kappa shape index (κ1) is 11.4. The van der Waals surface area contributed by atoms with Crippen molar-refractivity contribution in [3.63, 3.8) is 0 Å². The molecular weight excluding hydrogens is 156 g/mol. The first-order valence-corrected chi connectivity index (χ1v) is 4.21. The van der Waals surface area contributed by atoms with Gasteiger partial charge in [-0.1, -0.05) is 26.7 Å². The molecule has 1 unspecified atom stereocenters. The van der Waals surface area contributed by atoms with Crippen LogP contribution < -0.4 is 11.5 Å². The van der Waals surface area contributed by atoms with Gasteiger partial charge in [0.1, 0.15) is 0 Å². The average Bonchev–Trinajstić information content (AvgIpc) is 1.85. The number of hydrogen-bond acceptors (Lipinski definition) is 3. The van der Waals surface area contributed by atoms with Gasteiger partial charge in [0, 0.05) is 0 Å². The van der Waals surface area contributed by atoms with E-state index in [9.17, 15) is 4.79 Å². The first-order chi connectivity index (χ1) is 5.40. The van der Waals surface area contributed by atoms with Gasteiger partial charge in [0.05, 0.1) is 0 Å². The Kier molecular flexibility index (Phi) is 4.20. The highest BCUT2D eigenvalue weighted by atomic mass is 16.4. The highest BCUT2D eigenvalue weighted by molar-refractivity contribution is 5.77. The van der Waals surface area contributed by atoms with E-state index in [-0.39, 0.29) is 5.92 Å². The summed E-state index contributed by atoms with van der Waals surface area (Å²) in [5, 5.41) is 8.61. The summed E-state index contributed by atoms with van der Waals surface area (Å²) < 4.78 is 0. The largest absolute Gasteiger partial charge is 0.479 e. The molecule has 1 atom stereocenters. The molecule has 12 heavy (non-hydrogen) atoms. The molecule has 0 amide bonds. The summed E-state index contributed by atoms with van der Waals surface area (Å²) >= 11 is 0. The molecule has 0 aromatic rings. The molecule has 4 heteroatoms. The lowest BCUT2D eigenvalue weighted by molar-refractivity contribution is -0.143. The lowest BCUT2D eigenvalue weighted by Gasteiger charge is -2.22. The van der Waals surface area contributed by atoms with Crippen LogP contribution in [0, 0.1) is 5.92 Å². The van der Waals surface area contributed by atoms with Crippen molar-refractivity contribution < 1.29 is 9.90 Å². The van der Waals surface area contributed by atoms with E-state index in [2.05, 4.69) is 0 Å². The van der Waals surface area contributed by atoms with Gasteiger partial charge in [-0.15, -0.1) is 0 Å². The van der Waals surface area contributed by atoms with E-state index in [1.807, 2.05) is 13.8 Å². The maximum atomic E-state index is 10.5. The SMILES string of the molecule is CCCC(C)CC(N)(N)C(=O)O. The molecule has 0 aromatic heterocycles. The Hall–Kier alpha value is -0.610. The molecule has 0 aliphatic carbocycles. The standard InChI is InChI=1S/C8H18N2O2/c1-3-4-6(2)5-8(9,10)7(11)12/h6H,3-5,9-10H2,1-2H3,(H,11,12). The Morgan fingerprint density at radius 3 is 2.42 bits per heavy atom. The second-order valence-corrected chi connectivity index (χ2v) is 3.44. The van der Waals surface area contributed by atoms with Crippen LogP contribution in [0.3, 0.4) is 0 Å². The summed E-state index contributed by atoms with van der Waals surface area (Å²) in [6.07, 6.45) is 2.32. The summed E-state index contributed by atoms with van der Waals surface area (Å²) in [7, 11) is 0. The van der Waals surface area contributed by atoms with Crippen molar-refractivity contribution in [1.82, 2.24) is 0 Å². The van der Waals surface area contributed by atoms with E-state index in [1.165, 1.54) is 0 Å². The molecular formula is C8H18N2O2. The van der Waals surface area contributed by atoms with Gasteiger partial charge < -0.3 is 16.6 Å². The average molecular weight is 174 g/mol. The first-order valence-electron chi connectivity index (χ1n) is 4.21. The van der Waals surface area contributed by atoms with Crippen LogP contribution in [0.2, 0.25) is 0 Å². The predicted molar refractivity (Wildman–Crippen MR) is 47.4 cm³/mol. The normalized spacial score (nSPS) is 14.3. The fourth-order valence-electron chi connectivity index (χ4n) is 1.26. The zero-order valence-electron chi connectivity index (χ0n) is 7.71. The van der Waals surface area contributed by atoms with E-state index in [0.717, 1.165) is 12.8 Å². The summed E-state index contributed by atoms with van der Waals surface area (Å²) in [6, 6.07) is 0. The van der Waals surface area contributed by atoms with Crippen LogP contribution in [0.1, 0.15) is 33.1 Å². The number of nitrogens with two attached hydrogens (primary N) is 2. The van der Waals surface area contributed by atoms with E-state index < -0.39 is 11.6 Å². The lowest BCUT2D eigenvalue weighted by atomic mass is 9.94. The molecule has 0 aliphatic heterocycles.